The Morgan fingerprint density at radius 2 is 1.74 bits per heavy atom. The molecule has 1 aliphatic rings. The highest BCUT2D eigenvalue weighted by Gasteiger charge is 2.41. The van der Waals surface area contributed by atoms with Gasteiger partial charge in [0.15, 0.2) is 0 Å². The lowest BCUT2D eigenvalue weighted by molar-refractivity contribution is -0.120. The van der Waals surface area contributed by atoms with Crippen molar-refractivity contribution < 1.29 is 9.90 Å². The van der Waals surface area contributed by atoms with Crippen LogP contribution in [-0.4, -0.2) is 17.6 Å². The van der Waals surface area contributed by atoms with Gasteiger partial charge in [0.2, 0.25) is 11.4 Å². The zero-order chi connectivity index (χ0) is 24.9. The molecule has 0 aliphatic carbocycles. The Bertz CT molecular complexity index is 1590. The van der Waals surface area contributed by atoms with E-state index in [9.17, 15) is 14.7 Å². The number of aromatic hydroxyl groups is 1. The third-order valence-electron chi connectivity index (χ3n) is 6.82. The Morgan fingerprint density at radius 3 is 2.40 bits per heavy atom. The number of para-hydroxylation sites is 1. The molecule has 176 valence electrons. The molecule has 35 heavy (non-hydrogen) atoms. The number of hydrazine groups is 1. The maximum atomic E-state index is 13.3. The molecular formula is C29H28N3O3+. The number of hydrogen-bond donors (Lipinski definition) is 2. The van der Waals surface area contributed by atoms with Crippen molar-refractivity contribution in [3.8, 4) is 5.75 Å². The number of hydrogen-bond acceptors (Lipinski definition) is 4. The molecule has 0 fully saturated rings. The summed E-state index contributed by atoms with van der Waals surface area (Å²) in [5, 5.41) is 13.4. The van der Waals surface area contributed by atoms with Crippen LogP contribution in [0, 0.1) is 0 Å². The highest BCUT2D eigenvalue weighted by atomic mass is 16.3. The zero-order valence-electron chi connectivity index (χ0n) is 20.3. The highest BCUT2D eigenvalue weighted by molar-refractivity contribution is 6.00. The molecule has 6 nitrogen and oxygen atoms in total. The summed E-state index contributed by atoms with van der Waals surface area (Å²) in [5.74, 6) is -0.474. The second-order valence-corrected chi connectivity index (χ2v) is 9.36. The standard InChI is InChI=1S/C29H27N3O3/c1-5-31-24(29(3,4)23-16-15-19-11-9-10-14-21(19)25(23)31)17-22-27(34)26(28(22)35)32(30-18(2)33)20-12-7-6-8-13-20/h6-17H,5H2,1-4H3,(H-,30,33,34,35)/p+1. The summed E-state index contributed by atoms with van der Waals surface area (Å²) in [7, 11) is 0. The maximum Gasteiger partial charge on any atom is 0.326 e. The molecule has 0 radical (unpaired) electrons. The molecule has 4 aromatic carbocycles. The molecule has 1 aliphatic heterocycles. The third kappa shape index (κ3) is 3.44. The van der Waals surface area contributed by atoms with Gasteiger partial charge in [0.1, 0.15) is 0 Å². The quantitative estimate of drug-likeness (QED) is 0.351. The van der Waals surface area contributed by atoms with Crippen molar-refractivity contribution in [2.24, 2.45) is 0 Å². The second-order valence-electron chi connectivity index (χ2n) is 9.36. The van der Waals surface area contributed by atoms with Gasteiger partial charge < -0.3 is 10.0 Å². The molecular weight excluding hydrogens is 438 g/mol. The van der Waals surface area contributed by atoms with E-state index in [2.05, 4.69) is 55.4 Å². The van der Waals surface area contributed by atoms with Gasteiger partial charge >= 0.3 is 5.36 Å². The van der Waals surface area contributed by atoms with Gasteiger partial charge in [-0.1, -0.05) is 73.1 Å². The number of benzene rings is 3. The maximum absolute atomic E-state index is 13.3. The Hall–Kier alpha value is -4.19. The molecule has 0 bridgehead atoms. The Labute approximate surface area is 203 Å². The van der Waals surface area contributed by atoms with Crippen LogP contribution < -0.4 is 25.8 Å². The number of amides is 1. The normalized spacial score (nSPS) is 16.6. The van der Waals surface area contributed by atoms with E-state index in [0.29, 0.717) is 5.69 Å². The minimum absolute atomic E-state index is 0.0556. The SMILES string of the molecule is CCN1C(=Cc2c(O)/c(=[N+](\NC(C)=O)c3ccccc3)c2=O)C(C)(C)c2ccc3ccccc3c21. The van der Waals surface area contributed by atoms with E-state index >= 15 is 0 Å². The molecule has 0 aromatic heterocycles. The van der Waals surface area contributed by atoms with Crippen LogP contribution in [0.3, 0.4) is 0 Å². The summed E-state index contributed by atoms with van der Waals surface area (Å²) in [5.41, 5.74) is 6.07. The summed E-state index contributed by atoms with van der Waals surface area (Å²) in [6, 6.07) is 21.6. The molecule has 1 amide bonds. The summed E-state index contributed by atoms with van der Waals surface area (Å²) < 4.78 is 1.35. The lowest BCUT2D eigenvalue weighted by Gasteiger charge is -2.26. The van der Waals surface area contributed by atoms with Crippen LogP contribution in [0.1, 0.15) is 38.8 Å². The van der Waals surface area contributed by atoms with Crippen LogP contribution in [0.25, 0.3) is 16.8 Å². The van der Waals surface area contributed by atoms with Gasteiger partial charge in [-0.25, -0.2) is 0 Å². The number of rotatable bonds is 4. The van der Waals surface area contributed by atoms with Gasteiger partial charge in [-0.3, -0.25) is 9.59 Å². The van der Waals surface area contributed by atoms with Crippen LogP contribution in [0.15, 0.2) is 77.2 Å². The Morgan fingerprint density at radius 1 is 1.06 bits per heavy atom. The lowest BCUT2D eigenvalue weighted by Crippen LogP contribution is -2.50. The van der Waals surface area contributed by atoms with Gasteiger partial charge in [-0.15, -0.1) is 5.43 Å². The minimum Gasteiger partial charge on any atom is -0.502 e. The van der Waals surface area contributed by atoms with E-state index in [4.69, 9.17) is 0 Å². The first-order valence-electron chi connectivity index (χ1n) is 11.7. The number of nitrogens with zero attached hydrogens (tertiary/aromatic N) is 2. The summed E-state index contributed by atoms with van der Waals surface area (Å²) in [4.78, 5) is 27.4. The van der Waals surface area contributed by atoms with Crippen LogP contribution in [0.5, 0.6) is 5.75 Å². The number of nitrogens with one attached hydrogen (secondary N) is 1. The minimum atomic E-state index is -0.366. The van der Waals surface area contributed by atoms with Gasteiger partial charge in [-0.2, -0.15) is 0 Å². The van der Waals surface area contributed by atoms with Gasteiger partial charge in [0.05, 0.1) is 11.3 Å². The molecule has 0 spiro atoms. The van der Waals surface area contributed by atoms with Crippen molar-refractivity contribution in [1.82, 2.24) is 10.1 Å². The predicted molar refractivity (Wildman–Crippen MR) is 140 cm³/mol. The zero-order valence-corrected chi connectivity index (χ0v) is 20.3. The van der Waals surface area contributed by atoms with Crippen LogP contribution in [0.4, 0.5) is 11.4 Å². The molecule has 6 heteroatoms. The second kappa shape index (κ2) is 8.24. The summed E-state index contributed by atoms with van der Waals surface area (Å²) >= 11 is 0. The van der Waals surface area contributed by atoms with Crippen LogP contribution in [-0.2, 0) is 10.2 Å². The summed E-state index contributed by atoms with van der Waals surface area (Å²) in [6.45, 7) is 8.45. The number of allylic oxidation sites excluding steroid dienone is 1. The number of fused-ring (bicyclic) bond motifs is 3. The van der Waals surface area contributed by atoms with E-state index < -0.39 is 0 Å². The first kappa shape index (κ1) is 22.6. The number of carbonyl (C=O) groups is 1. The van der Waals surface area contributed by atoms with E-state index in [1.807, 2.05) is 18.2 Å². The summed E-state index contributed by atoms with van der Waals surface area (Å²) in [6.07, 6.45) is 1.80. The number of likely N-dealkylation sites (N-methyl/N-ethyl adjacent to an activating group) is 1. The monoisotopic (exact) mass is 466 g/mol. The fourth-order valence-corrected chi connectivity index (χ4v) is 5.10. The Kier molecular flexibility index (Phi) is 5.32. The van der Waals surface area contributed by atoms with E-state index in [0.717, 1.165) is 28.7 Å². The van der Waals surface area contributed by atoms with Crippen molar-refractivity contribution in [2.45, 2.75) is 33.1 Å². The van der Waals surface area contributed by atoms with Crippen molar-refractivity contribution in [3.05, 3.63) is 99.1 Å². The lowest BCUT2D eigenvalue weighted by atomic mass is 9.82. The van der Waals surface area contributed by atoms with Gasteiger partial charge in [0.25, 0.3) is 11.3 Å². The van der Waals surface area contributed by atoms with E-state index in [1.165, 1.54) is 17.2 Å². The fraction of sp³-hybridized carbons (Fsp3) is 0.207. The van der Waals surface area contributed by atoms with Gasteiger partial charge in [0, 0.05) is 42.1 Å². The van der Waals surface area contributed by atoms with E-state index in [1.54, 1.807) is 30.3 Å². The van der Waals surface area contributed by atoms with Crippen LogP contribution >= 0.6 is 0 Å². The fourth-order valence-electron chi connectivity index (χ4n) is 5.10. The number of anilines is 1. The third-order valence-corrected chi connectivity index (χ3v) is 6.82. The Balaban J connectivity index is 1.70. The molecule has 5 rings (SSSR count). The number of carbonyl (C=O) groups excluding carboxylic acids is 1. The van der Waals surface area contributed by atoms with Crippen molar-refractivity contribution in [1.29, 1.82) is 0 Å². The molecule has 0 saturated heterocycles. The predicted octanol–water partition coefficient (Wildman–Crippen LogP) is 4.09. The molecule has 0 unspecified atom stereocenters. The van der Waals surface area contributed by atoms with Crippen molar-refractivity contribution in [3.63, 3.8) is 0 Å². The average Bonchev–Trinajstić information content (AvgIpc) is 3.08. The molecule has 0 atom stereocenters. The first-order chi connectivity index (χ1) is 16.8. The highest BCUT2D eigenvalue weighted by Crippen LogP contribution is 2.51. The van der Waals surface area contributed by atoms with Gasteiger partial charge in [-0.05, 0) is 23.9 Å². The largest absolute Gasteiger partial charge is 0.502 e. The average molecular weight is 467 g/mol. The topological polar surface area (TPSA) is 72.7 Å². The molecule has 1 heterocycles. The first-order valence-corrected chi connectivity index (χ1v) is 11.7. The van der Waals surface area contributed by atoms with Crippen molar-refractivity contribution >= 4 is 34.1 Å². The van der Waals surface area contributed by atoms with Crippen molar-refractivity contribution in [2.75, 3.05) is 11.4 Å². The molecule has 4 aromatic rings. The van der Waals surface area contributed by atoms with E-state index in [-0.39, 0.29) is 33.4 Å². The molecule has 0 saturated carbocycles. The molecule has 2 N–H and O–H groups in total. The van der Waals surface area contributed by atoms with Crippen LogP contribution in [0.2, 0.25) is 0 Å². The smallest absolute Gasteiger partial charge is 0.326 e.